The van der Waals surface area contributed by atoms with E-state index in [0.717, 1.165) is 29.8 Å². The molecule has 1 amide bonds. The standard InChI is InChI=1S/C22H25N3O/c1-17-10-12-19(13-11-17)15-22(26)23-14-6-7-20-16-25(24-18(20)2)21-8-4-3-5-9-21/h3-5,8-13,16H,6-7,14-15H2,1-2H3,(H,23,26). The number of nitrogens with zero attached hydrogens (tertiary/aromatic N) is 2. The van der Waals surface area contributed by atoms with Crippen molar-refractivity contribution in [2.75, 3.05) is 6.54 Å². The molecule has 3 aromatic rings. The van der Waals surface area contributed by atoms with Gasteiger partial charge in [0.05, 0.1) is 17.8 Å². The number of carbonyl (C=O) groups is 1. The highest BCUT2D eigenvalue weighted by atomic mass is 16.1. The zero-order valence-corrected chi connectivity index (χ0v) is 15.4. The first-order valence-corrected chi connectivity index (χ1v) is 9.04. The zero-order chi connectivity index (χ0) is 18.4. The molecule has 134 valence electrons. The first-order valence-electron chi connectivity index (χ1n) is 9.04. The van der Waals surface area contributed by atoms with E-state index in [0.29, 0.717) is 13.0 Å². The van der Waals surface area contributed by atoms with E-state index in [-0.39, 0.29) is 5.91 Å². The van der Waals surface area contributed by atoms with Gasteiger partial charge in [-0.05, 0) is 49.9 Å². The topological polar surface area (TPSA) is 46.9 Å². The third kappa shape index (κ3) is 4.82. The zero-order valence-electron chi connectivity index (χ0n) is 15.4. The van der Waals surface area contributed by atoms with Gasteiger partial charge in [-0.3, -0.25) is 4.79 Å². The molecule has 0 unspecified atom stereocenters. The Kier molecular flexibility index (Phi) is 5.84. The van der Waals surface area contributed by atoms with E-state index in [1.54, 1.807) is 0 Å². The number of hydrogen-bond acceptors (Lipinski definition) is 2. The molecular formula is C22H25N3O. The van der Waals surface area contributed by atoms with Crippen molar-refractivity contribution in [2.24, 2.45) is 0 Å². The molecule has 1 aromatic heterocycles. The molecule has 4 nitrogen and oxygen atoms in total. The van der Waals surface area contributed by atoms with Crippen molar-refractivity contribution in [3.8, 4) is 5.69 Å². The van der Waals surface area contributed by atoms with E-state index in [4.69, 9.17) is 0 Å². The molecule has 0 aliphatic heterocycles. The Morgan fingerprint density at radius 1 is 1.04 bits per heavy atom. The summed E-state index contributed by atoms with van der Waals surface area (Å²) >= 11 is 0. The van der Waals surface area contributed by atoms with Crippen molar-refractivity contribution in [1.82, 2.24) is 15.1 Å². The quantitative estimate of drug-likeness (QED) is 0.661. The highest BCUT2D eigenvalue weighted by Crippen LogP contribution is 2.13. The Labute approximate surface area is 154 Å². The van der Waals surface area contributed by atoms with Gasteiger partial charge >= 0.3 is 0 Å². The normalized spacial score (nSPS) is 10.7. The van der Waals surface area contributed by atoms with Gasteiger partial charge in [0.25, 0.3) is 0 Å². The van der Waals surface area contributed by atoms with Crippen molar-refractivity contribution in [2.45, 2.75) is 33.1 Å². The van der Waals surface area contributed by atoms with Crippen LogP contribution in [0, 0.1) is 13.8 Å². The second-order valence-corrected chi connectivity index (χ2v) is 6.64. The summed E-state index contributed by atoms with van der Waals surface area (Å²) < 4.78 is 1.92. The molecule has 0 radical (unpaired) electrons. The largest absolute Gasteiger partial charge is 0.356 e. The molecule has 0 fully saturated rings. The molecule has 0 saturated carbocycles. The van der Waals surface area contributed by atoms with Gasteiger partial charge in [-0.2, -0.15) is 5.10 Å². The Morgan fingerprint density at radius 3 is 2.50 bits per heavy atom. The number of amides is 1. The minimum absolute atomic E-state index is 0.0746. The molecule has 1 N–H and O–H groups in total. The summed E-state index contributed by atoms with van der Waals surface area (Å²) in [6.45, 7) is 4.76. The predicted molar refractivity (Wildman–Crippen MR) is 105 cm³/mol. The maximum Gasteiger partial charge on any atom is 0.224 e. The van der Waals surface area contributed by atoms with Crippen LogP contribution in [0.15, 0.2) is 60.8 Å². The van der Waals surface area contributed by atoms with Crippen LogP contribution in [0.1, 0.15) is 28.8 Å². The lowest BCUT2D eigenvalue weighted by atomic mass is 10.1. The van der Waals surface area contributed by atoms with Crippen LogP contribution in [0.5, 0.6) is 0 Å². The van der Waals surface area contributed by atoms with Crippen LogP contribution in [0.4, 0.5) is 0 Å². The molecule has 0 saturated heterocycles. The molecule has 1 heterocycles. The average Bonchev–Trinajstić information content (AvgIpc) is 3.02. The molecule has 0 spiro atoms. The number of para-hydroxylation sites is 1. The molecule has 0 atom stereocenters. The average molecular weight is 347 g/mol. The Morgan fingerprint density at radius 2 is 1.77 bits per heavy atom. The second-order valence-electron chi connectivity index (χ2n) is 6.64. The summed E-state index contributed by atoms with van der Waals surface area (Å²) in [5, 5.41) is 7.59. The molecule has 26 heavy (non-hydrogen) atoms. The fourth-order valence-electron chi connectivity index (χ4n) is 2.91. The van der Waals surface area contributed by atoms with Crippen LogP contribution in [0.25, 0.3) is 5.69 Å². The molecular weight excluding hydrogens is 322 g/mol. The fourth-order valence-corrected chi connectivity index (χ4v) is 2.91. The summed E-state index contributed by atoms with van der Waals surface area (Å²) in [4.78, 5) is 12.0. The van der Waals surface area contributed by atoms with Crippen molar-refractivity contribution in [3.05, 3.63) is 83.2 Å². The number of rotatable bonds is 7. The number of benzene rings is 2. The Bertz CT molecular complexity index is 851. The van der Waals surface area contributed by atoms with E-state index in [2.05, 4.69) is 16.6 Å². The van der Waals surface area contributed by atoms with Gasteiger partial charge in [-0.15, -0.1) is 0 Å². The van der Waals surface area contributed by atoms with E-state index < -0.39 is 0 Å². The predicted octanol–water partition coefficient (Wildman–Crippen LogP) is 3.78. The first kappa shape index (κ1) is 17.9. The number of carbonyl (C=O) groups excluding carboxylic acids is 1. The minimum Gasteiger partial charge on any atom is -0.356 e. The lowest BCUT2D eigenvalue weighted by Crippen LogP contribution is -2.26. The fraction of sp³-hybridized carbons (Fsp3) is 0.273. The lowest BCUT2D eigenvalue weighted by Gasteiger charge is -2.05. The van der Waals surface area contributed by atoms with Gasteiger partial charge in [-0.1, -0.05) is 48.0 Å². The summed E-state index contributed by atoms with van der Waals surface area (Å²) in [6, 6.07) is 18.2. The highest BCUT2D eigenvalue weighted by Gasteiger charge is 2.07. The number of aryl methyl sites for hydroxylation is 3. The number of hydrogen-bond donors (Lipinski definition) is 1. The van der Waals surface area contributed by atoms with Crippen LogP contribution >= 0.6 is 0 Å². The van der Waals surface area contributed by atoms with E-state index in [1.807, 2.05) is 73.1 Å². The minimum atomic E-state index is 0.0746. The molecule has 2 aromatic carbocycles. The lowest BCUT2D eigenvalue weighted by molar-refractivity contribution is -0.120. The SMILES string of the molecule is Cc1ccc(CC(=O)NCCCc2cn(-c3ccccc3)nc2C)cc1. The van der Waals surface area contributed by atoms with E-state index in [9.17, 15) is 4.79 Å². The van der Waals surface area contributed by atoms with Gasteiger partial charge < -0.3 is 5.32 Å². The Hall–Kier alpha value is -2.88. The smallest absolute Gasteiger partial charge is 0.224 e. The van der Waals surface area contributed by atoms with Crippen molar-refractivity contribution in [3.63, 3.8) is 0 Å². The van der Waals surface area contributed by atoms with Gasteiger partial charge in [-0.25, -0.2) is 4.68 Å². The molecule has 3 rings (SSSR count). The summed E-state index contributed by atoms with van der Waals surface area (Å²) in [5.74, 6) is 0.0746. The maximum atomic E-state index is 12.0. The first-order chi connectivity index (χ1) is 12.6. The van der Waals surface area contributed by atoms with Crippen LogP contribution in [0.3, 0.4) is 0 Å². The second kappa shape index (κ2) is 8.48. The number of nitrogens with one attached hydrogen (secondary N) is 1. The van der Waals surface area contributed by atoms with Gasteiger partial charge in [0.15, 0.2) is 0 Å². The third-order valence-electron chi connectivity index (χ3n) is 4.45. The maximum absolute atomic E-state index is 12.0. The molecule has 4 heteroatoms. The van der Waals surface area contributed by atoms with Gasteiger partial charge in [0.2, 0.25) is 5.91 Å². The van der Waals surface area contributed by atoms with Crippen LogP contribution in [0.2, 0.25) is 0 Å². The van der Waals surface area contributed by atoms with Crippen molar-refractivity contribution >= 4 is 5.91 Å². The molecule has 0 aliphatic carbocycles. The van der Waals surface area contributed by atoms with Crippen molar-refractivity contribution < 1.29 is 4.79 Å². The van der Waals surface area contributed by atoms with Crippen molar-refractivity contribution in [1.29, 1.82) is 0 Å². The van der Waals surface area contributed by atoms with Crippen LogP contribution in [-0.4, -0.2) is 22.2 Å². The molecule has 0 aliphatic rings. The van der Waals surface area contributed by atoms with Crippen LogP contribution in [-0.2, 0) is 17.6 Å². The van der Waals surface area contributed by atoms with E-state index >= 15 is 0 Å². The summed E-state index contributed by atoms with van der Waals surface area (Å²) in [5.41, 5.74) is 5.59. The molecule has 0 bridgehead atoms. The Balaban J connectivity index is 1.45. The number of aromatic nitrogens is 2. The van der Waals surface area contributed by atoms with E-state index in [1.165, 1.54) is 11.1 Å². The monoisotopic (exact) mass is 347 g/mol. The summed E-state index contributed by atoms with van der Waals surface area (Å²) in [7, 11) is 0. The van der Waals surface area contributed by atoms with Gasteiger partial charge in [0.1, 0.15) is 0 Å². The summed E-state index contributed by atoms with van der Waals surface area (Å²) in [6.07, 6.45) is 4.33. The third-order valence-corrected chi connectivity index (χ3v) is 4.45. The van der Waals surface area contributed by atoms with Crippen LogP contribution < -0.4 is 5.32 Å². The highest BCUT2D eigenvalue weighted by molar-refractivity contribution is 5.78. The van der Waals surface area contributed by atoms with Gasteiger partial charge in [0, 0.05) is 12.7 Å².